The molecule has 3 nitrogen and oxygen atoms in total. The van der Waals surface area contributed by atoms with Gasteiger partial charge >= 0.3 is 0 Å². The van der Waals surface area contributed by atoms with Crippen molar-refractivity contribution in [1.82, 2.24) is 5.32 Å². The summed E-state index contributed by atoms with van der Waals surface area (Å²) in [7, 11) is 1.97. The van der Waals surface area contributed by atoms with Crippen molar-refractivity contribution >= 4 is 12.4 Å². The van der Waals surface area contributed by atoms with Crippen LogP contribution in [0.3, 0.4) is 0 Å². The number of likely N-dealkylation sites (N-methyl/N-ethyl adjacent to an activating group) is 1. The van der Waals surface area contributed by atoms with E-state index in [0.717, 1.165) is 6.54 Å². The van der Waals surface area contributed by atoms with Gasteiger partial charge < -0.3 is 10.6 Å². The zero-order valence-electron chi connectivity index (χ0n) is 10.2. The maximum Gasteiger partial charge on any atom is 0.0931 e. The van der Waals surface area contributed by atoms with E-state index in [0.29, 0.717) is 6.04 Å². The molecule has 1 heterocycles. The molecule has 0 fully saturated rings. The van der Waals surface area contributed by atoms with Crippen LogP contribution >= 0.6 is 0 Å². The minimum Gasteiger partial charge on any atom is -0.383 e. The summed E-state index contributed by atoms with van der Waals surface area (Å²) in [6, 6.07) is 4.91. The standard InChI is InChI=1S/C13H19N3/c1-8-5-10-11(6-9(8)2)16-7-12(14-3)13(10)15-4/h5-6,12-14,16H,4,7H2,1-3H3. The van der Waals surface area contributed by atoms with Crippen molar-refractivity contribution < 1.29 is 0 Å². The van der Waals surface area contributed by atoms with Gasteiger partial charge in [-0.3, -0.25) is 4.99 Å². The highest BCUT2D eigenvalue weighted by Gasteiger charge is 2.27. The molecule has 1 aromatic carbocycles. The van der Waals surface area contributed by atoms with Crippen LogP contribution in [0.15, 0.2) is 17.1 Å². The summed E-state index contributed by atoms with van der Waals surface area (Å²) in [6.45, 7) is 8.89. The van der Waals surface area contributed by atoms with Gasteiger partial charge in [-0.05, 0) is 44.8 Å². The summed E-state index contributed by atoms with van der Waals surface area (Å²) in [5.74, 6) is 0. The van der Waals surface area contributed by atoms with Gasteiger partial charge in [-0.25, -0.2) is 0 Å². The Hall–Kier alpha value is -1.35. The third-order valence-electron chi connectivity index (χ3n) is 3.45. The van der Waals surface area contributed by atoms with E-state index in [1.54, 1.807) is 0 Å². The molecule has 1 aliphatic rings. The molecule has 16 heavy (non-hydrogen) atoms. The second kappa shape index (κ2) is 4.26. The molecule has 0 spiro atoms. The molecule has 2 N–H and O–H groups in total. The van der Waals surface area contributed by atoms with E-state index in [-0.39, 0.29) is 6.04 Å². The van der Waals surface area contributed by atoms with Crippen LogP contribution in [-0.2, 0) is 0 Å². The molecule has 0 amide bonds. The fourth-order valence-electron chi connectivity index (χ4n) is 2.27. The molecule has 1 aliphatic heterocycles. The number of aliphatic imine (C=N–C) groups is 1. The number of fused-ring (bicyclic) bond motifs is 1. The van der Waals surface area contributed by atoms with Crippen molar-refractivity contribution in [3.05, 3.63) is 28.8 Å². The lowest BCUT2D eigenvalue weighted by Crippen LogP contribution is -2.41. The van der Waals surface area contributed by atoms with E-state index < -0.39 is 0 Å². The van der Waals surface area contributed by atoms with Gasteiger partial charge in [0.05, 0.1) is 12.1 Å². The smallest absolute Gasteiger partial charge is 0.0931 e. The molecule has 0 radical (unpaired) electrons. The van der Waals surface area contributed by atoms with E-state index in [9.17, 15) is 0 Å². The van der Waals surface area contributed by atoms with Crippen LogP contribution in [0.2, 0.25) is 0 Å². The first kappa shape index (κ1) is 11.1. The van der Waals surface area contributed by atoms with Crippen molar-refractivity contribution in [2.45, 2.75) is 25.9 Å². The predicted octanol–water partition coefficient (Wildman–Crippen LogP) is 2.06. The first-order chi connectivity index (χ1) is 7.67. The molecular weight excluding hydrogens is 198 g/mol. The molecule has 2 atom stereocenters. The van der Waals surface area contributed by atoms with Gasteiger partial charge in [0.25, 0.3) is 0 Å². The number of rotatable bonds is 2. The van der Waals surface area contributed by atoms with Crippen molar-refractivity contribution in [3.8, 4) is 0 Å². The highest BCUT2D eigenvalue weighted by atomic mass is 15.0. The largest absolute Gasteiger partial charge is 0.383 e. The van der Waals surface area contributed by atoms with Gasteiger partial charge in [-0.1, -0.05) is 6.07 Å². The predicted molar refractivity (Wildman–Crippen MR) is 69.5 cm³/mol. The Kier molecular flexibility index (Phi) is 2.97. The van der Waals surface area contributed by atoms with E-state index in [4.69, 9.17) is 0 Å². The second-order valence-electron chi connectivity index (χ2n) is 4.43. The van der Waals surface area contributed by atoms with Crippen molar-refractivity contribution in [2.75, 3.05) is 18.9 Å². The highest BCUT2D eigenvalue weighted by Crippen LogP contribution is 2.34. The molecule has 2 unspecified atom stereocenters. The van der Waals surface area contributed by atoms with Gasteiger partial charge in [-0.15, -0.1) is 0 Å². The fourth-order valence-corrected chi connectivity index (χ4v) is 2.27. The maximum atomic E-state index is 4.26. The average molecular weight is 217 g/mol. The normalized spacial score (nSPS) is 23.4. The molecule has 0 aromatic heterocycles. The minimum atomic E-state index is 0.153. The quantitative estimate of drug-likeness (QED) is 0.744. The lowest BCUT2D eigenvalue weighted by Gasteiger charge is -2.32. The summed E-state index contributed by atoms with van der Waals surface area (Å²) in [4.78, 5) is 4.26. The van der Waals surface area contributed by atoms with Crippen LogP contribution in [0.5, 0.6) is 0 Å². The van der Waals surface area contributed by atoms with Crippen LogP contribution in [0.4, 0.5) is 5.69 Å². The lowest BCUT2D eigenvalue weighted by atomic mass is 9.91. The number of benzene rings is 1. The van der Waals surface area contributed by atoms with Crippen LogP contribution in [0.25, 0.3) is 0 Å². The van der Waals surface area contributed by atoms with Gasteiger partial charge in [0, 0.05) is 17.8 Å². The van der Waals surface area contributed by atoms with Crippen LogP contribution < -0.4 is 10.6 Å². The van der Waals surface area contributed by atoms with Crippen LogP contribution in [-0.4, -0.2) is 26.4 Å². The number of nitrogens with one attached hydrogen (secondary N) is 2. The molecule has 86 valence electrons. The number of nitrogens with zero attached hydrogens (tertiary/aromatic N) is 1. The lowest BCUT2D eigenvalue weighted by molar-refractivity contribution is 0.481. The van der Waals surface area contributed by atoms with Crippen LogP contribution in [0.1, 0.15) is 22.7 Å². The Balaban J connectivity index is 2.48. The molecular formula is C13H19N3. The molecule has 3 heteroatoms. The third-order valence-corrected chi connectivity index (χ3v) is 3.45. The summed E-state index contributed by atoms with van der Waals surface area (Å²) in [5.41, 5.74) is 5.08. The highest BCUT2D eigenvalue weighted by molar-refractivity contribution is 5.59. The monoisotopic (exact) mass is 217 g/mol. The van der Waals surface area contributed by atoms with E-state index in [1.165, 1.54) is 22.4 Å². The summed E-state index contributed by atoms with van der Waals surface area (Å²) >= 11 is 0. The van der Waals surface area contributed by atoms with Gasteiger partial charge in [-0.2, -0.15) is 0 Å². The fraction of sp³-hybridized carbons (Fsp3) is 0.462. The second-order valence-corrected chi connectivity index (χ2v) is 4.43. The van der Waals surface area contributed by atoms with Crippen molar-refractivity contribution in [1.29, 1.82) is 0 Å². The number of aryl methyl sites for hydroxylation is 2. The third kappa shape index (κ3) is 1.71. The van der Waals surface area contributed by atoms with Gasteiger partial charge in [0.1, 0.15) is 0 Å². The maximum absolute atomic E-state index is 4.26. The SMILES string of the molecule is C=NC1c2cc(C)c(C)cc2NCC1NC. The zero-order valence-corrected chi connectivity index (χ0v) is 10.2. The van der Waals surface area contributed by atoms with E-state index in [2.05, 4.69) is 48.3 Å². The van der Waals surface area contributed by atoms with E-state index >= 15 is 0 Å². The number of anilines is 1. The summed E-state index contributed by atoms with van der Waals surface area (Å²) in [5, 5.41) is 6.73. The first-order valence-corrected chi connectivity index (χ1v) is 5.65. The first-order valence-electron chi connectivity index (χ1n) is 5.65. The van der Waals surface area contributed by atoms with Gasteiger partial charge in [0.15, 0.2) is 0 Å². The Labute approximate surface area is 97.0 Å². The average Bonchev–Trinajstić information content (AvgIpc) is 2.29. The summed E-state index contributed by atoms with van der Waals surface area (Å²) < 4.78 is 0. The van der Waals surface area contributed by atoms with Crippen molar-refractivity contribution in [3.63, 3.8) is 0 Å². The Morgan fingerprint density at radius 2 is 2.06 bits per heavy atom. The molecule has 2 rings (SSSR count). The Morgan fingerprint density at radius 1 is 1.38 bits per heavy atom. The Bertz CT molecular complexity index is 412. The topological polar surface area (TPSA) is 36.4 Å². The van der Waals surface area contributed by atoms with E-state index in [1.807, 2.05) is 7.05 Å². The molecule has 0 aliphatic carbocycles. The zero-order chi connectivity index (χ0) is 11.7. The number of hydrogen-bond acceptors (Lipinski definition) is 3. The molecule has 1 aromatic rings. The van der Waals surface area contributed by atoms with Crippen molar-refractivity contribution in [2.24, 2.45) is 4.99 Å². The molecule has 0 bridgehead atoms. The van der Waals surface area contributed by atoms with Crippen LogP contribution in [0, 0.1) is 13.8 Å². The Morgan fingerprint density at radius 3 is 2.69 bits per heavy atom. The molecule has 0 saturated heterocycles. The minimum absolute atomic E-state index is 0.153. The van der Waals surface area contributed by atoms with Gasteiger partial charge in [0.2, 0.25) is 0 Å². The summed E-state index contributed by atoms with van der Waals surface area (Å²) in [6.07, 6.45) is 0. The molecule has 0 saturated carbocycles. The number of hydrogen-bond donors (Lipinski definition) is 2.